The largest absolute Gasteiger partial charge is 0.480 e. The first-order valence-corrected chi connectivity index (χ1v) is 7.95. The maximum Gasteiger partial charge on any atom is 0.322 e. The SMILES string of the molecule is CC(C)C(C)Sc1cc(=O)c(C(=O)NCC(=O)O)c2nc[nH]n12. The number of nitrogens with zero attached hydrogens (tertiary/aromatic N) is 2. The summed E-state index contributed by atoms with van der Waals surface area (Å²) in [4.78, 5) is 39.0. The van der Waals surface area contributed by atoms with Crippen LogP contribution in [0.1, 0.15) is 31.1 Å². The summed E-state index contributed by atoms with van der Waals surface area (Å²) in [6.45, 7) is 5.66. The van der Waals surface area contributed by atoms with E-state index in [2.05, 4.69) is 36.2 Å². The summed E-state index contributed by atoms with van der Waals surface area (Å²) in [6, 6.07) is 1.37. The summed E-state index contributed by atoms with van der Waals surface area (Å²) in [5.74, 6) is -1.53. The predicted octanol–water partition coefficient (Wildman–Crippen LogP) is 0.974. The van der Waals surface area contributed by atoms with Crippen LogP contribution in [0.15, 0.2) is 22.2 Å². The topological polar surface area (TPSA) is 117 Å². The smallest absolute Gasteiger partial charge is 0.322 e. The van der Waals surface area contributed by atoms with Gasteiger partial charge in [-0.05, 0) is 5.92 Å². The van der Waals surface area contributed by atoms with Crippen molar-refractivity contribution in [3.63, 3.8) is 0 Å². The normalized spacial score (nSPS) is 12.5. The molecular weight excluding hydrogens is 320 g/mol. The number of carboxylic acids is 1. The first-order chi connectivity index (χ1) is 10.8. The highest BCUT2D eigenvalue weighted by Crippen LogP contribution is 2.27. The quantitative estimate of drug-likeness (QED) is 0.676. The molecule has 8 nitrogen and oxygen atoms in total. The van der Waals surface area contributed by atoms with Crippen molar-refractivity contribution in [3.8, 4) is 0 Å². The average Bonchev–Trinajstić information content (AvgIpc) is 2.93. The number of carbonyl (C=O) groups excluding carboxylic acids is 1. The van der Waals surface area contributed by atoms with Gasteiger partial charge in [0.25, 0.3) is 5.91 Å². The molecule has 0 saturated carbocycles. The molecule has 0 saturated heterocycles. The maximum absolute atomic E-state index is 12.3. The van der Waals surface area contributed by atoms with E-state index in [0.29, 0.717) is 10.9 Å². The minimum Gasteiger partial charge on any atom is -0.480 e. The minimum absolute atomic E-state index is 0.172. The molecule has 0 fully saturated rings. The van der Waals surface area contributed by atoms with Crippen molar-refractivity contribution in [2.45, 2.75) is 31.0 Å². The highest BCUT2D eigenvalue weighted by atomic mass is 32.2. The molecule has 1 atom stereocenters. The van der Waals surface area contributed by atoms with E-state index in [1.165, 1.54) is 24.2 Å². The van der Waals surface area contributed by atoms with E-state index in [-0.39, 0.29) is 16.5 Å². The second-order valence-electron chi connectivity index (χ2n) is 5.41. The molecule has 2 rings (SSSR count). The van der Waals surface area contributed by atoms with Gasteiger partial charge in [0.2, 0.25) is 0 Å². The van der Waals surface area contributed by atoms with Gasteiger partial charge in [-0.2, -0.15) is 0 Å². The van der Waals surface area contributed by atoms with Crippen LogP contribution in [0, 0.1) is 5.92 Å². The number of carbonyl (C=O) groups is 2. The molecule has 2 aromatic heterocycles. The second kappa shape index (κ2) is 6.86. The fraction of sp³-hybridized carbons (Fsp3) is 0.429. The zero-order chi connectivity index (χ0) is 17.1. The second-order valence-corrected chi connectivity index (χ2v) is 6.81. The molecule has 9 heteroatoms. The summed E-state index contributed by atoms with van der Waals surface area (Å²) in [5, 5.41) is 14.6. The van der Waals surface area contributed by atoms with Crippen molar-refractivity contribution >= 4 is 29.3 Å². The third-order valence-electron chi connectivity index (χ3n) is 3.40. The van der Waals surface area contributed by atoms with Crippen LogP contribution in [0.3, 0.4) is 0 Å². The Labute approximate surface area is 136 Å². The Hall–Kier alpha value is -2.29. The molecule has 0 aliphatic heterocycles. The summed E-state index contributed by atoms with van der Waals surface area (Å²) < 4.78 is 1.56. The molecule has 0 aromatic carbocycles. The van der Waals surface area contributed by atoms with E-state index in [4.69, 9.17) is 5.11 Å². The third kappa shape index (κ3) is 3.73. The number of pyridine rings is 1. The molecule has 1 unspecified atom stereocenters. The highest BCUT2D eigenvalue weighted by Gasteiger charge is 2.21. The molecule has 0 aliphatic rings. The minimum atomic E-state index is -1.19. The van der Waals surface area contributed by atoms with Crippen LogP contribution < -0.4 is 10.7 Å². The van der Waals surface area contributed by atoms with Gasteiger partial charge in [-0.3, -0.25) is 19.5 Å². The van der Waals surface area contributed by atoms with Crippen LogP contribution in [0.5, 0.6) is 0 Å². The van der Waals surface area contributed by atoms with Crippen LogP contribution in [0.25, 0.3) is 5.65 Å². The van der Waals surface area contributed by atoms with Crippen molar-refractivity contribution in [2.24, 2.45) is 5.92 Å². The van der Waals surface area contributed by atoms with Crippen molar-refractivity contribution in [2.75, 3.05) is 6.54 Å². The molecule has 3 N–H and O–H groups in total. The number of nitrogens with one attached hydrogen (secondary N) is 2. The summed E-state index contributed by atoms with van der Waals surface area (Å²) in [5.41, 5.74) is -0.480. The molecule has 2 aromatic rings. The van der Waals surface area contributed by atoms with Crippen LogP contribution in [-0.4, -0.2) is 43.4 Å². The maximum atomic E-state index is 12.3. The number of aliphatic carboxylic acids is 1. The van der Waals surface area contributed by atoms with E-state index >= 15 is 0 Å². The van der Waals surface area contributed by atoms with Gasteiger partial charge < -0.3 is 10.4 Å². The number of thioether (sulfide) groups is 1. The van der Waals surface area contributed by atoms with E-state index < -0.39 is 23.9 Å². The molecular formula is C14H18N4O4S. The number of aromatic amines is 1. The number of hydrogen-bond donors (Lipinski definition) is 3. The van der Waals surface area contributed by atoms with Crippen LogP contribution >= 0.6 is 11.8 Å². The van der Waals surface area contributed by atoms with E-state index in [9.17, 15) is 14.4 Å². The third-order valence-corrected chi connectivity index (χ3v) is 4.86. The predicted molar refractivity (Wildman–Crippen MR) is 85.9 cm³/mol. The fourth-order valence-corrected chi connectivity index (χ4v) is 2.91. The number of carboxylic acid groups (broad SMARTS) is 1. The van der Waals surface area contributed by atoms with Crippen molar-refractivity contribution in [1.82, 2.24) is 19.9 Å². The zero-order valence-corrected chi connectivity index (χ0v) is 13.8. The number of H-pyrrole nitrogens is 1. The first-order valence-electron chi connectivity index (χ1n) is 7.07. The Balaban J connectivity index is 2.44. The number of rotatable bonds is 6. The summed E-state index contributed by atoms with van der Waals surface area (Å²) >= 11 is 1.50. The van der Waals surface area contributed by atoms with Crippen LogP contribution in [-0.2, 0) is 4.79 Å². The Morgan fingerprint density at radius 2 is 2.13 bits per heavy atom. The lowest BCUT2D eigenvalue weighted by Gasteiger charge is -2.15. The fourth-order valence-electron chi connectivity index (χ4n) is 1.84. The molecule has 2 heterocycles. The van der Waals surface area contributed by atoms with Gasteiger partial charge in [-0.1, -0.05) is 20.8 Å². The van der Waals surface area contributed by atoms with Gasteiger partial charge in [0.15, 0.2) is 11.1 Å². The Bertz CT molecular complexity index is 796. The van der Waals surface area contributed by atoms with E-state index in [1.807, 2.05) is 0 Å². The number of aromatic nitrogens is 3. The van der Waals surface area contributed by atoms with Crippen molar-refractivity contribution in [1.29, 1.82) is 0 Å². The summed E-state index contributed by atoms with van der Waals surface area (Å²) in [6.07, 6.45) is 1.38. The Kier molecular flexibility index (Phi) is 5.09. The molecule has 0 bridgehead atoms. The van der Waals surface area contributed by atoms with Gasteiger partial charge in [0.05, 0.1) is 0 Å². The zero-order valence-electron chi connectivity index (χ0n) is 13.0. The molecule has 0 radical (unpaired) electrons. The first kappa shape index (κ1) is 17.1. The molecule has 0 spiro atoms. The van der Waals surface area contributed by atoms with Gasteiger partial charge in [0.1, 0.15) is 23.5 Å². The number of fused-ring (bicyclic) bond motifs is 1. The standard InChI is InChI=1S/C14H18N4O4S/c1-7(2)8(3)23-10-4-9(19)12(13-16-6-17-18(10)13)14(22)15-5-11(20)21/h4,6-8H,5H2,1-3H3,(H,15,22)(H,16,17)(H,20,21). The molecule has 124 valence electrons. The van der Waals surface area contributed by atoms with Gasteiger partial charge in [0, 0.05) is 11.3 Å². The molecule has 1 amide bonds. The lowest BCUT2D eigenvalue weighted by Crippen LogP contribution is -2.33. The van der Waals surface area contributed by atoms with Crippen LogP contribution in [0.4, 0.5) is 0 Å². The highest BCUT2D eigenvalue weighted by molar-refractivity contribution is 7.99. The Morgan fingerprint density at radius 1 is 1.43 bits per heavy atom. The lowest BCUT2D eigenvalue weighted by molar-refractivity contribution is -0.135. The van der Waals surface area contributed by atoms with E-state index in [1.54, 1.807) is 4.52 Å². The van der Waals surface area contributed by atoms with Gasteiger partial charge in [-0.15, -0.1) is 11.8 Å². The average molecular weight is 338 g/mol. The van der Waals surface area contributed by atoms with E-state index in [0.717, 1.165) is 0 Å². The Morgan fingerprint density at radius 3 is 2.74 bits per heavy atom. The number of amides is 1. The van der Waals surface area contributed by atoms with Crippen molar-refractivity contribution < 1.29 is 14.7 Å². The molecule has 0 aliphatic carbocycles. The lowest BCUT2D eigenvalue weighted by atomic mass is 10.2. The van der Waals surface area contributed by atoms with Crippen LogP contribution in [0.2, 0.25) is 0 Å². The van der Waals surface area contributed by atoms with Gasteiger partial charge in [-0.25, -0.2) is 9.50 Å². The monoisotopic (exact) mass is 338 g/mol. The molecule has 23 heavy (non-hydrogen) atoms. The van der Waals surface area contributed by atoms with Gasteiger partial charge >= 0.3 is 5.97 Å². The number of hydrogen-bond acceptors (Lipinski definition) is 5. The van der Waals surface area contributed by atoms with Crippen molar-refractivity contribution in [3.05, 3.63) is 28.2 Å². The summed E-state index contributed by atoms with van der Waals surface area (Å²) in [7, 11) is 0.